The van der Waals surface area contributed by atoms with Crippen LogP contribution in [-0.2, 0) is 13.6 Å². The Kier molecular flexibility index (Phi) is 2.25. The first kappa shape index (κ1) is 9.83. The second-order valence-corrected chi connectivity index (χ2v) is 3.68. The molecule has 0 fully saturated rings. The van der Waals surface area contributed by atoms with Crippen LogP contribution in [0.15, 0.2) is 35.5 Å². The lowest BCUT2D eigenvalue weighted by atomic mass is 10.4. The largest absolute Gasteiger partial charge is 0.467 e. The molecule has 1 N–H and O–H groups in total. The molecular weight excluding hydrogens is 218 g/mol. The van der Waals surface area contributed by atoms with Crippen LogP contribution in [0, 0.1) is 0 Å². The summed E-state index contributed by atoms with van der Waals surface area (Å²) in [6.07, 6.45) is 4.87. The first-order valence-corrected chi connectivity index (χ1v) is 5.23. The van der Waals surface area contributed by atoms with Gasteiger partial charge in [0.15, 0.2) is 11.5 Å². The molecule has 6 nitrogen and oxygen atoms in total. The zero-order chi connectivity index (χ0) is 11.7. The molecular formula is C11H11N5O. The highest BCUT2D eigenvalue weighted by molar-refractivity contribution is 5.82. The average molecular weight is 229 g/mol. The van der Waals surface area contributed by atoms with E-state index in [2.05, 4.69) is 20.3 Å². The van der Waals surface area contributed by atoms with Gasteiger partial charge in [0.2, 0.25) is 0 Å². The van der Waals surface area contributed by atoms with E-state index in [1.54, 1.807) is 12.6 Å². The molecule has 0 saturated heterocycles. The molecule has 3 aromatic rings. The average Bonchev–Trinajstić information content (AvgIpc) is 2.97. The van der Waals surface area contributed by atoms with E-state index < -0.39 is 0 Å². The van der Waals surface area contributed by atoms with Gasteiger partial charge in [-0.3, -0.25) is 0 Å². The van der Waals surface area contributed by atoms with Crippen LogP contribution >= 0.6 is 0 Å². The molecule has 0 atom stereocenters. The molecule has 0 bridgehead atoms. The highest BCUT2D eigenvalue weighted by Gasteiger charge is 2.08. The second-order valence-electron chi connectivity index (χ2n) is 3.68. The molecule has 0 amide bonds. The summed E-state index contributed by atoms with van der Waals surface area (Å²) in [6.45, 7) is 0.588. The maximum absolute atomic E-state index is 5.25. The SMILES string of the molecule is Cn1cnc2ncnc(NCc3ccco3)c21. The van der Waals surface area contributed by atoms with Gasteiger partial charge in [0, 0.05) is 7.05 Å². The fourth-order valence-electron chi connectivity index (χ4n) is 1.70. The monoisotopic (exact) mass is 229 g/mol. The number of nitrogens with one attached hydrogen (secondary N) is 1. The smallest absolute Gasteiger partial charge is 0.182 e. The van der Waals surface area contributed by atoms with E-state index in [0.29, 0.717) is 12.2 Å². The van der Waals surface area contributed by atoms with Crippen LogP contribution in [0.2, 0.25) is 0 Å². The second kappa shape index (κ2) is 3.89. The minimum Gasteiger partial charge on any atom is -0.467 e. The van der Waals surface area contributed by atoms with Gasteiger partial charge < -0.3 is 14.3 Å². The Hall–Kier alpha value is -2.37. The first-order valence-electron chi connectivity index (χ1n) is 5.23. The van der Waals surface area contributed by atoms with E-state index in [1.165, 1.54) is 6.33 Å². The van der Waals surface area contributed by atoms with Crippen molar-refractivity contribution in [2.24, 2.45) is 7.05 Å². The van der Waals surface area contributed by atoms with Gasteiger partial charge in [-0.25, -0.2) is 15.0 Å². The van der Waals surface area contributed by atoms with Crippen LogP contribution in [0.3, 0.4) is 0 Å². The normalized spacial score (nSPS) is 10.9. The number of aromatic nitrogens is 4. The maximum Gasteiger partial charge on any atom is 0.182 e. The van der Waals surface area contributed by atoms with Gasteiger partial charge in [0.25, 0.3) is 0 Å². The first-order chi connectivity index (χ1) is 8.34. The lowest BCUT2D eigenvalue weighted by Gasteiger charge is -2.05. The highest BCUT2D eigenvalue weighted by Crippen LogP contribution is 2.17. The minimum absolute atomic E-state index is 0.588. The molecule has 0 spiro atoms. The topological polar surface area (TPSA) is 68.8 Å². The summed E-state index contributed by atoms with van der Waals surface area (Å²) in [4.78, 5) is 12.5. The van der Waals surface area contributed by atoms with Gasteiger partial charge in [0.1, 0.15) is 17.6 Å². The van der Waals surface area contributed by atoms with Crippen molar-refractivity contribution < 1.29 is 4.42 Å². The van der Waals surface area contributed by atoms with Gasteiger partial charge in [-0.1, -0.05) is 0 Å². The number of nitrogens with zero attached hydrogens (tertiary/aromatic N) is 4. The lowest BCUT2D eigenvalue weighted by Crippen LogP contribution is -2.03. The third kappa shape index (κ3) is 1.73. The van der Waals surface area contributed by atoms with Gasteiger partial charge >= 0.3 is 0 Å². The summed E-state index contributed by atoms with van der Waals surface area (Å²) in [5.41, 5.74) is 1.57. The molecule has 0 aliphatic heterocycles. The number of rotatable bonds is 3. The number of anilines is 1. The van der Waals surface area contributed by atoms with E-state index in [0.717, 1.165) is 17.1 Å². The fraction of sp³-hybridized carbons (Fsp3) is 0.182. The van der Waals surface area contributed by atoms with Crippen LogP contribution in [0.25, 0.3) is 11.2 Å². The molecule has 86 valence electrons. The van der Waals surface area contributed by atoms with Crippen molar-refractivity contribution in [3.05, 3.63) is 36.8 Å². The standard InChI is InChI=1S/C11H11N5O/c1-16-7-15-11-9(16)10(13-6-14-11)12-5-8-3-2-4-17-8/h2-4,6-7H,5H2,1H3,(H,12,13,14). The Morgan fingerprint density at radius 2 is 2.29 bits per heavy atom. The minimum atomic E-state index is 0.588. The van der Waals surface area contributed by atoms with Crippen LogP contribution in [0.4, 0.5) is 5.82 Å². The molecule has 0 radical (unpaired) electrons. The van der Waals surface area contributed by atoms with Crippen molar-refractivity contribution in [1.29, 1.82) is 0 Å². The van der Waals surface area contributed by atoms with Crippen molar-refractivity contribution in [2.75, 3.05) is 5.32 Å². The third-order valence-corrected chi connectivity index (χ3v) is 2.52. The van der Waals surface area contributed by atoms with Gasteiger partial charge in [-0.2, -0.15) is 0 Å². The van der Waals surface area contributed by atoms with Crippen molar-refractivity contribution in [1.82, 2.24) is 19.5 Å². The summed E-state index contributed by atoms with van der Waals surface area (Å²) in [7, 11) is 1.91. The molecule has 6 heteroatoms. The molecule has 17 heavy (non-hydrogen) atoms. The lowest BCUT2D eigenvalue weighted by molar-refractivity contribution is 0.518. The van der Waals surface area contributed by atoms with Crippen molar-refractivity contribution in [3.8, 4) is 0 Å². The number of hydrogen-bond acceptors (Lipinski definition) is 5. The van der Waals surface area contributed by atoms with E-state index in [9.17, 15) is 0 Å². The van der Waals surface area contributed by atoms with Crippen LogP contribution in [0.1, 0.15) is 5.76 Å². The quantitative estimate of drug-likeness (QED) is 0.738. The predicted octanol–water partition coefficient (Wildman–Crippen LogP) is 1.57. The molecule has 3 heterocycles. The van der Waals surface area contributed by atoms with E-state index >= 15 is 0 Å². The fourth-order valence-corrected chi connectivity index (χ4v) is 1.70. The number of aryl methyl sites for hydroxylation is 1. The van der Waals surface area contributed by atoms with Crippen molar-refractivity contribution >= 4 is 17.0 Å². The Balaban J connectivity index is 1.92. The summed E-state index contributed by atoms with van der Waals surface area (Å²) in [5.74, 6) is 1.62. The van der Waals surface area contributed by atoms with Crippen LogP contribution < -0.4 is 5.32 Å². The van der Waals surface area contributed by atoms with Crippen molar-refractivity contribution in [3.63, 3.8) is 0 Å². The summed E-state index contributed by atoms with van der Waals surface area (Å²) >= 11 is 0. The number of imidazole rings is 1. The molecule has 0 aliphatic carbocycles. The predicted molar refractivity (Wildman–Crippen MR) is 62.3 cm³/mol. The van der Waals surface area contributed by atoms with Crippen molar-refractivity contribution in [2.45, 2.75) is 6.54 Å². The van der Waals surface area contributed by atoms with E-state index in [1.807, 2.05) is 23.7 Å². The number of furan rings is 1. The highest BCUT2D eigenvalue weighted by atomic mass is 16.3. The summed E-state index contributed by atoms with van der Waals surface area (Å²) in [5, 5.41) is 3.21. The van der Waals surface area contributed by atoms with Crippen LogP contribution in [0.5, 0.6) is 0 Å². The molecule has 0 aromatic carbocycles. The van der Waals surface area contributed by atoms with E-state index in [-0.39, 0.29) is 0 Å². The van der Waals surface area contributed by atoms with E-state index in [4.69, 9.17) is 4.42 Å². The molecule has 0 unspecified atom stereocenters. The molecule has 0 aliphatic rings. The van der Waals surface area contributed by atoms with Gasteiger partial charge in [0.05, 0.1) is 19.1 Å². The Labute approximate surface area is 97.3 Å². The third-order valence-electron chi connectivity index (χ3n) is 2.52. The molecule has 0 saturated carbocycles. The molecule has 3 rings (SSSR count). The maximum atomic E-state index is 5.25. The summed E-state index contributed by atoms with van der Waals surface area (Å²) in [6, 6.07) is 3.77. The molecule has 3 aromatic heterocycles. The summed E-state index contributed by atoms with van der Waals surface area (Å²) < 4.78 is 7.14. The number of hydrogen-bond donors (Lipinski definition) is 1. The van der Waals surface area contributed by atoms with Crippen LogP contribution in [-0.4, -0.2) is 19.5 Å². The Morgan fingerprint density at radius 3 is 3.12 bits per heavy atom. The van der Waals surface area contributed by atoms with Gasteiger partial charge in [-0.15, -0.1) is 0 Å². The van der Waals surface area contributed by atoms with Gasteiger partial charge in [-0.05, 0) is 12.1 Å². The number of fused-ring (bicyclic) bond motifs is 1. The Bertz CT molecular complexity index is 628. The Morgan fingerprint density at radius 1 is 1.35 bits per heavy atom. The zero-order valence-corrected chi connectivity index (χ0v) is 9.29. The zero-order valence-electron chi connectivity index (χ0n) is 9.29.